The Bertz CT molecular complexity index is 997. The number of nitrogens with one attached hydrogen (secondary N) is 2. The lowest BCUT2D eigenvalue weighted by Crippen LogP contribution is -2.34. The van der Waals surface area contributed by atoms with Gasteiger partial charge in [-0.2, -0.15) is 8.75 Å². The summed E-state index contributed by atoms with van der Waals surface area (Å²) in [6.07, 6.45) is 0. The van der Waals surface area contributed by atoms with Crippen molar-refractivity contribution < 1.29 is 14.3 Å². The largest absolute Gasteiger partial charge is 0.462 e. The lowest BCUT2D eigenvalue weighted by Gasteiger charge is -2.07. The van der Waals surface area contributed by atoms with Crippen LogP contribution < -0.4 is 10.6 Å². The molecule has 0 saturated carbocycles. The monoisotopic (exact) mass is 407 g/mol. The van der Waals surface area contributed by atoms with Crippen molar-refractivity contribution in [2.24, 2.45) is 0 Å². The Labute approximate surface area is 161 Å². The predicted octanol–water partition coefficient (Wildman–Crippen LogP) is 2.76. The van der Waals surface area contributed by atoms with Crippen LogP contribution in [-0.4, -0.2) is 37.3 Å². The molecule has 0 aliphatic rings. The number of thiazole rings is 1. The second kappa shape index (κ2) is 7.81. The maximum absolute atomic E-state index is 12.3. The molecule has 3 aromatic rings. The van der Waals surface area contributed by atoms with E-state index in [-0.39, 0.29) is 17.6 Å². The van der Waals surface area contributed by atoms with Gasteiger partial charge in [-0.3, -0.25) is 10.1 Å². The summed E-state index contributed by atoms with van der Waals surface area (Å²) in [7, 11) is 0. The van der Waals surface area contributed by atoms with Crippen molar-refractivity contribution in [1.82, 2.24) is 19.0 Å². The summed E-state index contributed by atoms with van der Waals surface area (Å²) in [5, 5.41) is 5.86. The van der Waals surface area contributed by atoms with Crippen molar-refractivity contribution in [2.45, 2.75) is 13.8 Å². The number of hydrogen-bond acceptors (Lipinski definition) is 9. The van der Waals surface area contributed by atoms with Crippen molar-refractivity contribution in [3.63, 3.8) is 0 Å². The Morgan fingerprint density at radius 3 is 2.81 bits per heavy atom. The smallest absolute Gasteiger partial charge is 0.350 e. The van der Waals surface area contributed by atoms with Crippen LogP contribution in [0, 0.1) is 6.92 Å². The van der Waals surface area contributed by atoms with E-state index in [1.807, 2.05) is 0 Å². The van der Waals surface area contributed by atoms with E-state index in [2.05, 4.69) is 24.4 Å². The van der Waals surface area contributed by atoms with E-state index in [0.717, 1.165) is 28.6 Å². The zero-order valence-electron chi connectivity index (χ0n) is 13.7. The molecule has 0 aliphatic heterocycles. The molecule has 134 valence electrons. The maximum Gasteiger partial charge on any atom is 0.350 e. The van der Waals surface area contributed by atoms with Gasteiger partial charge in [0.1, 0.15) is 15.9 Å². The zero-order valence-corrected chi connectivity index (χ0v) is 16.2. The van der Waals surface area contributed by atoms with Crippen LogP contribution in [0.5, 0.6) is 0 Å². The Hall–Kier alpha value is -2.50. The summed E-state index contributed by atoms with van der Waals surface area (Å²) in [4.78, 5) is 28.7. The number of amides is 1. The first kappa shape index (κ1) is 18.3. The van der Waals surface area contributed by atoms with E-state index >= 15 is 0 Å². The quantitative estimate of drug-likeness (QED) is 0.502. The summed E-state index contributed by atoms with van der Waals surface area (Å²) in [6, 6.07) is 5.01. The number of aromatic nitrogens is 3. The van der Waals surface area contributed by atoms with Gasteiger partial charge in [-0.15, -0.1) is 0 Å². The van der Waals surface area contributed by atoms with Crippen molar-refractivity contribution in [2.75, 3.05) is 11.9 Å². The molecule has 11 heteroatoms. The van der Waals surface area contributed by atoms with Gasteiger partial charge < -0.3 is 10.1 Å². The van der Waals surface area contributed by atoms with Gasteiger partial charge >= 0.3 is 5.97 Å². The summed E-state index contributed by atoms with van der Waals surface area (Å²) in [5.41, 5.74) is 2.33. The molecule has 0 unspecified atom stereocenters. The third kappa shape index (κ3) is 4.00. The van der Waals surface area contributed by atoms with Crippen molar-refractivity contribution in [3.8, 4) is 0 Å². The van der Waals surface area contributed by atoms with Gasteiger partial charge in [0.2, 0.25) is 0 Å². The van der Waals surface area contributed by atoms with Crippen LogP contribution in [0.15, 0.2) is 18.2 Å². The normalized spacial score (nSPS) is 10.5. The predicted molar refractivity (Wildman–Crippen MR) is 104 cm³/mol. The van der Waals surface area contributed by atoms with Gasteiger partial charge in [-0.05, 0) is 44.3 Å². The molecule has 1 amide bonds. The Morgan fingerprint density at radius 1 is 1.27 bits per heavy atom. The fourth-order valence-corrected chi connectivity index (χ4v) is 3.70. The first-order valence-corrected chi connectivity index (χ1v) is 9.42. The first-order valence-electron chi connectivity index (χ1n) is 7.47. The number of anilines is 1. The third-order valence-corrected chi connectivity index (χ3v) is 5.03. The molecule has 26 heavy (non-hydrogen) atoms. The minimum Gasteiger partial charge on any atom is -0.462 e. The fraction of sp³-hybridized carbons (Fsp3) is 0.200. The summed E-state index contributed by atoms with van der Waals surface area (Å²) >= 11 is 7.34. The van der Waals surface area contributed by atoms with E-state index in [1.165, 1.54) is 0 Å². The molecule has 0 bridgehead atoms. The van der Waals surface area contributed by atoms with E-state index < -0.39 is 5.97 Å². The number of hydrogen-bond donors (Lipinski definition) is 2. The van der Waals surface area contributed by atoms with Gasteiger partial charge in [-0.1, -0.05) is 11.3 Å². The number of ether oxygens (including phenoxy) is 1. The lowest BCUT2D eigenvalue weighted by molar-refractivity contribution is 0.0531. The molecule has 0 aliphatic carbocycles. The maximum atomic E-state index is 12.3. The number of thiocarbonyl (C=S) groups is 1. The molecule has 0 fully saturated rings. The lowest BCUT2D eigenvalue weighted by atomic mass is 10.2. The van der Waals surface area contributed by atoms with Crippen LogP contribution in [0.1, 0.15) is 32.6 Å². The van der Waals surface area contributed by atoms with Crippen LogP contribution in [0.4, 0.5) is 5.13 Å². The molecule has 1 aromatic carbocycles. The molecule has 2 aromatic heterocycles. The number of carbonyl (C=O) groups excluding carboxylic acids is 2. The molecular formula is C15H13N5O3S3. The molecule has 0 radical (unpaired) electrons. The van der Waals surface area contributed by atoms with Crippen molar-refractivity contribution in [3.05, 3.63) is 34.3 Å². The minimum absolute atomic E-state index is 0.0793. The summed E-state index contributed by atoms with van der Waals surface area (Å²) < 4.78 is 13.2. The van der Waals surface area contributed by atoms with E-state index in [9.17, 15) is 9.59 Å². The van der Waals surface area contributed by atoms with Crippen LogP contribution in [0.3, 0.4) is 0 Å². The van der Waals surface area contributed by atoms with E-state index in [1.54, 1.807) is 32.0 Å². The number of rotatable bonds is 4. The van der Waals surface area contributed by atoms with Crippen LogP contribution in [0.2, 0.25) is 0 Å². The average Bonchev–Trinajstić information content (AvgIpc) is 3.20. The number of benzene rings is 1. The average molecular weight is 408 g/mol. The second-order valence-electron chi connectivity index (χ2n) is 5.03. The molecular weight excluding hydrogens is 394 g/mol. The van der Waals surface area contributed by atoms with Gasteiger partial charge in [0, 0.05) is 5.56 Å². The number of fused-ring (bicyclic) bond motifs is 1. The summed E-state index contributed by atoms with van der Waals surface area (Å²) in [5.74, 6) is -0.813. The third-order valence-electron chi connectivity index (χ3n) is 3.22. The highest BCUT2D eigenvalue weighted by atomic mass is 32.1. The topological polar surface area (TPSA) is 106 Å². The highest BCUT2D eigenvalue weighted by Gasteiger charge is 2.17. The first-order chi connectivity index (χ1) is 12.5. The molecule has 0 atom stereocenters. The standard InChI is InChI=1S/C15H13N5O3S3/c1-3-23-13(22)11-7(2)16-15(25-11)18-14(24)17-12(21)8-4-5-9-10(6-8)20-26-19-9/h4-6H,3H2,1-2H3,(H2,16,17,18,21,24). The minimum atomic E-state index is -0.435. The van der Waals surface area contributed by atoms with Gasteiger partial charge in [0.05, 0.1) is 24.0 Å². The second-order valence-corrected chi connectivity index (χ2v) is 6.97. The molecule has 0 spiro atoms. The Kier molecular flexibility index (Phi) is 5.49. The number of aryl methyl sites for hydroxylation is 1. The zero-order chi connectivity index (χ0) is 18.7. The molecule has 0 saturated heterocycles. The molecule has 2 N–H and O–H groups in total. The molecule has 8 nitrogen and oxygen atoms in total. The molecule has 2 heterocycles. The van der Waals surface area contributed by atoms with Crippen molar-refractivity contribution >= 4 is 68.4 Å². The van der Waals surface area contributed by atoms with Crippen molar-refractivity contribution in [1.29, 1.82) is 0 Å². The van der Waals surface area contributed by atoms with E-state index in [4.69, 9.17) is 17.0 Å². The number of nitrogens with zero attached hydrogens (tertiary/aromatic N) is 3. The summed E-state index contributed by atoms with van der Waals surface area (Å²) in [6.45, 7) is 3.72. The number of carbonyl (C=O) groups is 2. The van der Waals surface area contributed by atoms with Crippen LogP contribution >= 0.6 is 35.3 Å². The Balaban J connectivity index is 1.65. The number of esters is 1. The van der Waals surface area contributed by atoms with Crippen LogP contribution in [0.25, 0.3) is 11.0 Å². The highest BCUT2D eigenvalue weighted by Crippen LogP contribution is 2.23. The van der Waals surface area contributed by atoms with Crippen LogP contribution in [-0.2, 0) is 4.74 Å². The fourth-order valence-electron chi connectivity index (χ4n) is 2.06. The SMILES string of the molecule is CCOC(=O)c1sc(NC(=S)NC(=O)c2ccc3nsnc3c2)nc1C. The molecule has 3 rings (SSSR count). The Morgan fingerprint density at radius 2 is 2.04 bits per heavy atom. The van der Waals surface area contributed by atoms with E-state index in [0.29, 0.717) is 26.8 Å². The van der Waals surface area contributed by atoms with Gasteiger partial charge in [0.25, 0.3) is 5.91 Å². The highest BCUT2D eigenvalue weighted by molar-refractivity contribution is 7.80. The van der Waals surface area contributed by atoms with Gasteiger partial charge in [0.15, 0.2) is 10.2 Å². The van der Waals surface area contributed by atoms with Gasteiger partial charge in [-0.25, -0.2) is 9.78 Å².